The van der Waals surface area contributed by atoms with Gasteiger partial charge in [0.25, 0.3) is 10.0 Å². The Morgan fingerprint density at radius 3 is 2.55 bits per heavy atom. The van der Waals surface area contributed by atoms with Gasteiger partial charge in [0.1, 0.15) is 4.90 Å². The van der Waals surface area contributed by atoms with E-state index in [-0.39, 0.29) is 4.90 Å². The zero-order valence-electron chi connectivity index (χ0n) is 15.6. The number of aryl methyl sites for hydroxylation is 1. The van der Waals surface area contributed by atoms with E-state index in [2.05, 4.69) is 26.5 Å². The molecule has 0 aliphatic heterocycles. The van der Waals surface area contributed by atoms with Gasteiger partial charge in [-0.3, -0.25) is 14.7 Å². The van der Waals surface area contributed by atoms with Crippen LogP contribution in [0, 0.1) is 18.8 Å². The molecule has 0 aliphatic rings. The Morgan fingerprint density at radius 1 is 0.897 bits per heavy atom. The normalized spacial score (nSPS) is 10.9. The van der Waals surface area contributed by atoms with Gasteiger partial charge in [-0.15, -0.1) is 0 Å². The van der Waals surface area contributed by atoms with Crippen LogP contribution in [0.25, 0.3) is 10.9 Å². The molecule has 2 heterocycles. The number of benzene rings is 2. The first-order chi connectivity index (χ1) is 14.0. The highest BCUT2D eigenvalue weighted by atomic mass is 32.2. The minimum atomic E-state index is -3.87. The molecule has 4 rings (SSSR count). The standard InChI is InChI=1S/C23H17N3O2S/c1-17-10-12-20-8-5-15-25-22(20)23(17)29(27,28)26-21-9-3-2-7-19(21)13-11-18-6-4-14-24-16-18/h2-10,12,14-16,26H,1H3. The molecule has 0 spiro atoms. The third kappa shape index (κ3) is 3.96. The monoisotopic (exact) mass is 399 g/mol. The predicted molar refractivity (Wildman–Crippen MR) is 114 cm³/mol. The molecule has 0 fully saturated rings. The molecule has 0 unspecified atom stereocenters. The molecule has 4 aromatic rings. The maximum atomic E-state index is 13.3. The molecule has 0 saturated heterocycles. The molecule has 6 heteroatoms. The lowest BCUT2D eigenvalue weighted by atomic mass is 10.1. The highest BCUT2D eigenvalue weighted by Crippen LogP contribution is 2.27. The lowest BCUT2D eigenvalue weighted by Crippen LogP contribution is -2.16. The Hall–Kier alpha value is -3.69. The largest absolute Gasteiger partial charge is 0.278 e. The van der Waals surface area contributed by atoms with Crippen LogP contribution in [-0.2, 0) is 10.0 Å². The van der Waals surface area contributed by atoms with Crippen LogP contribution in [0.3, 0.4) is 0 Å². The summed E-state index contributed by atoms with van der Waals surface area (Å²) < 4.78 is 29.2. The van der Waals surface area contributed by atoms with Crippen LogP contribution in [0.1, 0.15) is 16.7 Å². The Labute approximate surface area is 169 Å². The Morgan fingerprint density at radius 2 is 1.72 bits per heavy atom. The van der Waals surface area contributed by atoms with Gasteiger partial charge >= 0.3 is 0 Å². The molecule has 5 nitrogen and oxygen atoms in total. The van der Waals surface area contributed by atoms with Crippen molar-refractivity contribution < 1.29 is 8.42 Å². The van der Waals surface area contributed by atoms with Crippen molar-refractivity contribution in [1.29, 1.82) is 0 Å². The smallest absolute Gasteiger partial charge is 0.264 e. The van der Waals surface area contributed by atoms with Crippen LogP contribution in [0.15, 0.2) is 84.1 Å². The fraction of sp³-hybridized carbons (Fsp3) is 0.0435. The second kappa shape index (κ2) is 7.74. The quantitative estimate of drug-likeness (QED) is 0.526. The van der Waals surface area contributed by atoms with Gasteiger partial charge in [0.2, 0.25) is 0 Å². The van der Waals surface area contributed by atoms with Crippen LogP contribution in [0.4, 0.5) is 5.69 Å². The van der Waals surface area contributed by atoms with Gasteiger partial charge in [-0.1, -0.05) is 42.2 Å². The summed E-state index contributed by atoms with van der Waals surface area (Å²) in [4.78, 5) is 8.50. The molecule has 1 N–H and O–H groups in total. The number of nitrogens with zero attached hydrogens (tertiary/aromatic N) is 2. The predicted octanol–water partition coefficient (Wildman–Crippen LogP) is 4.14. The third-order valence-corrected chi connectivity index (χ3v) is 5.91. The number of pyridine rings is 2. The number of nitrogens with one attached hydrogen (secondary N) is 1. The van der Waals surface area contributed by atoms with Crippen molar-refractivity contribution in [3.8, 4) is 11.8 Å². The number of rotatable bonds is 3. The van der Waals surface area contributed by atoms with Crippen LogP contribution >= 0.6 is 0 Å². The van der Waals surface area contributed by atoms with Crippen molar-refractivity contribution in [3.63, 3.8) is 0 Å². The highest BCUT2D eigenvalue weighted by Gasteiger charge is 2.22. The number of aromatic nitrogens is 2. The zero-order valence-corrected chi connectivity index (χ0v) is 16.4. The summed E-state index contributed by atoms with van der Waals surface area (Å²) in [5.74, 6) is 6.03. The lowest BCUT2D eigenvalue weighted by molar-refractivity contribution is 0.601. The van der Waals surface area contributed by atoms with E-state index < -0.39 is 10.0 Å². The molecule has 0 atom stereocenters. The minimum absolute atomic E-state index is 0.172. The summed E-state index contributed by atoms with van der Waals surface area (Å²) in [6.45, 7) is 1.76. The van der Waals surface area contributed by atoms with Gasteiger partial charge in [-0.05, 0) is 42.8 Å². The van der Waals surface area contributed by atoms with Gasteiger partial charge in [-0.2, -0.15) is 0 Å². The molecule has 0 amide bonds. The molecular formula is C23H17N3O2S. The first-order valence-electron chi connectivity index (χ1n) is 8.93. The van der Waals surface area contributed by atoms with E-state index in [4.69, 9.17) is 0 Å². The number of sulfonamides is 1. The van der Waals surface area contributed by atoms with Gasteiger partial charge in [0.15, 0.2) is 0 Å². The summed E-state index contributed by atoms with van der Waals surface area (Å²) in [5, 5.41) is 0.767. The van der Waals surface area contributed by atoms with Crippen molar-refractivity contribution in [2.45, 2.75) is 11.8 Å². The Kier molecular flexibility index (Phi) is 4.98. The molecular weight excluding hydrogens is 382 g/mol. The van der Waals surface area contributed by atoms with Crippen molar-refractivity contribution in [3.05, 3.63) is 95.9 Å². The maximum Gasteiger partial charge on any atom is 0.264 e. The topological polar surface area (TPSA) is 72.0 Å². The van der Waals surface area contributed by atoms with Crippen LogP contribution in [0.2, 0.25) is 0 Å². The minimum Gasteiger partial charge on any atom is -0.278 e. The van der Waals surface area contributed by atoms with Gasteiger partial charge in [0.05, 0.1) is 11.2 Å². The SMILES string of the molecule is Cc1ccc2cccnc2c1S(=O)(=O)Nc1ccccc1C#Cc1cccnc1. The molecule has 0 aliphatic carbocycles. The van der Waals surface area contributed by atoms with Gasteiger partial charge < -0.3 is 0 Å². The molecule has 142 valence electrons. The van der Waals surface area contributed by atoms with Crippen LogP contribution < -0.4 is 4.72 Å². The van der Waals surface area contributed by atoms with Crippen molar-refractivity contribution >= 4 is 26.6 Å². The molecule has 29 heavy (non-hydrogen) atoms. The fourth-order valence-corrected chi connectivity index (χ4v) is 4.50. The summed E-state index contributed by atoms with van der Waals surface area (Å²) in [6, 6.07) is 18.0. The van der Waals surface area contributed by atoms with Crippen molar-refractivity contribution in [2.24, 2.45) is 0 Å². The second-order valence-electron chi connectivity index (χ2n) is 6.43. The van der Waals surface area contributed by atoms with Crippen LogP contribution in [0.5, 0.6) is 0 Å². The number of anilines is 1. The third-order valence-electron chi connectivity index (χ3n) is 4.37. The number of hydrogen-bond acceptors (Lipinski definition) is 4. The van der Waals surface area contributed by atoms with Crippen LogP contribution in [-0.4, -0.2) is 18.4 Å². The first kappa shape index (κ1) is 18.7. The second-order valence-corrected chi connectivity index (χ2v) is 8.05. The van der Waals surface area contributed by atoms with Crippen molar-refractivity contribution in [2.75, 3.05) is 4.72 Å². The van der Waals surface area contributed by atoms with E-state index in [1.165, 1.54) is 0 Å². The number of hydrogen-bond donors (Lipinski definition) is 1. The number of fused-ring (bicyclic) bond motifs is 1. The fourth-order valence-electron chi connectivity index (χ4n) is 3.01. The molecule has 0 bridgehead atoms. The van der Waals surface area contributed by atoms with E-state index in [0.717, 1.165) is 10.9 Å². The average molecular weight is 399 g/mol. The Bertz CT molecular complexity index is 1360. The highest BCUT2D eigenvalue weighted by molar-refractivity contribution is 7.93. The zero-order chi connectivity index (χ0) is 20.3. The maximum absolute atomic E-state index is 13.3. The summed E-state index contributed by atoms with van der Waals surface area (Å²) in [5.41, 5.74) is 2.81. The van der Waals surface area contributed by atoms with E-state index in [0.29, 0.717) is 22.3 Å². The van der Waals surface area contributed by atoms with E-state index in [9.17, 15) is 8.42 Å². The summed E-state index contributed by atoms with van der Waals surface area (Å²) in [6.07, 6.45) is 4.92. The molecule has 0 saturated carbocycles. The van der Waals surface area contributed by atoms with Gasteiger partial charge in [-0.25, -0.2) is 8.42 Å². The van der Waals surface area contributed by atoms with Gasteiger partial charge in [0, 0.05) is 35.1 Å². The summed E-state index contributed by atoms with van der Waals surface area (Å²) in [7, 11) is -3.87. The van der Waals surface area contributed by atoms with E-state index in [1.807, 2.05) is 24.3 Å². The summed E-state index contributed by atoms with van der Waals surface area (Å²) >= 11 is 0. The average Bonchev–Trinajstić information content (AvgIpc) is 2.73. The first-order valence-corrected chi connectivity index (χ1v) is 10.4. The molecule has 2 aromatic heterocycles. The van der Waals surface area contributed by atoms with E-state index >= 15 is 0 Å². The Balaban J connectivity index is 1.76. The molecule has 0 radical (unpaired) electrons. The van der Waals surface area contributed by atoms with E-state index in [1.54, 1.807) is 61.9 Å². The molecule has 2 aromatic carbocycles. The number of para-hydroxylation sites is 1. The van der Waals surface area contributed by atoms with Crippen molar-refractivity contribution in [1.82, 2.24) is 9.97 Å². The lowest BCUT2D eigenvalue weighted by Gasteiger charge is -2.13.